The second-order valence-corrected chi connectivity index (χ2v) is 7.77. The summed E-state index contributed by atoms with van der Waals surface area (Å²) in [4.78, 5) is 12.9. The number of rotatable bonds is 6. The van der Waals surface area contributed by atoms with Crippen molar-refractivity contribution < 1.29 is 9.53 Å². The number of aromatic nitrogens is 1. The molecule has 0 fully saturated rings. The summed E-state index contributed by atoms with van der Waals surface area (Å²) < 4.78 is 8.35. The number of amides is 1. The predicted molar refractivity (Wildman–Crippen MR) is 124 cm³/mol. The Kier molecular flexibility index (Phi) is 5.49. The van der Waals surface area contributed by atoms with Crippen molar-refractivity contribution in [1.82, 2.24) is 4.57 Å². The van der Waals surface area contributed by atoms with Gasteiger partial charge in [0.05, 0.1) is 0 Å². The van der Waals surface area contributed by atoms with Gasteiger partial charge in [0.1, 0.15) is 5.75 Å². The van der Waals surface area contributed by atoms with Crippen LogP contribution in [0.3, 0.4) is 0 Å². The number of carbonyl (C=O) groups is 1. The fourth-order valence-corrected chi connectivity index (χ4v) is 4.10. The van der Waals surface area contributed by atoms with Crippen LogP contribution in [0.4, 0.5) is 5.69 Å². The van der Waals surface area contributed by atoms with Gasteiger partial charge in [0.25, 0.3) is 5.91 Å². The van der Waals surface area contributed by atoms with E-state index in [1.54, 1.807) is 0 Å². The lowest BCUT2D eigenvalue weighted by Gasteiger charge is -2.19. The van der Waals surface area contributed by atoms with Crippen molar-refractivity contribution in [1.29, 1.82) is 0 Å². The summed E-state index contributed by atoms with van der Waals surface area (Å²) in [5.74, 6) is 0.625. The Bertz CT molecular complexity index is 1220. The van der Waals surface area contributed by atoms with Gasteiger partial charge in [0.15, 0.2) is 6.10 Å². The first-order valence-corrected chi connectivity index (χ1v) is 10.6. The molecule has 1 heterocycles. The van der Waals surface area contributed by atoms with Crippen molar-refractivity contribution in [3.05, 3.63) is 71.8 Å². The van der Waals surface area contributed by atoms with Crippen molar-refractivity contribution in [2.45, 2.75) is 46.8 Å². The van der Waals surface area contributed by atoms with Gasteiger partial charge < -0.3 is 14.6 Å². The van der Waals surface area contributed by atoms with E-state index >= 15 is 0 Å². The van der Waals surface area contributed by atoms with Gasteiger partial charge in [-0.25, -0.2) is 0 Å². The molecule has 0 radical (unpaired) electrons. The number of benzene rings is 3. The van der Waals surface area contributed by atoms with Crippen LogP contribution in [0.1, 0.15) is 31.4 Å². The first-order chi connectivity index (χ1) is 14.5. The number of anilines is 1. The van der Waals surface area contributed by atoms with Crippen LogP contribution >= 0.6 is 0 Å². The van der Waals surface area contributed by atoms with Crippen LogP contribution in [-0.2, 0) is 11.3 Å². The molecule has 1 N–H and O–H groups in total. The molecule has 0 aliphatic heterocycles. The molecule has 4 aromatic rings. The van der Waals surface area contributed by atoms with Crippen molar-refractivity contribution in [3.63, 3.8) is 0 Å². The van der Waals surface area contributed by atoms with E-state index in [4.69, 9.17) is 4.74 Å². The smallest absolute Gasteiger partial charge is 0.265 e. The number of ether oxygens (including phenoxy) is 1. The molecule has 4 heteroatoms. The molecule has 1 amide bonds. The van der Waals surface area contributed by atoms with Crippen LogP contribution in [-0.4, -0.2) is 16.6 Å². The molecule has 0 saturated heterocycles. The van der Waals surface area contributed by atoms with E-state index in [-0.39, 0.29) is 5.91 Å². The molecular weight excluding hydrogens is 372 g/mol. The Morgan fingerprint density at radius 3 is 2.47 bits per heavy atom. The minimum atomic E-state index is -0.543. The molecule has 0 aliphatic carbocycles. The van der Waals surface area contributed by atoms with E-state index < -0.39 is 6.10 Å². The quantitative estimate of drug-likeness (QED) is 0.417. The van der Waals surface area contributed by atoms with E-state index in [0.717, 1.165) is 28.9 Å². The van der Waals surface area contributed by atoms with Crippen molar-refractivity contribution in [3.8, 4) is 5.75 Å². The zero-order valence-corrected chi connectivity index (χ0v) is 18.0. The number of hydrogen-bond donors (Lipinski definition) is 1. The molecule has 0 aliphatic rings. The van der Waals surface area contributed by atoms with Crippen LogP contribution in [0.2, 0.25) is 0 Å². The van der Waals surface area contributed by atoms with Crippen molar-refractivity contribution >= 4 is 33.4 Å². The van der Waals surface area contributed by atoms with Gasteiger partial charge in [-0.1, -0.05) is 42.8 Å². The maximum atomic E-state index is 12.9. The van der Waals surface area contributed by atoms with E-state index in [1.165, 1.54) is 22.0 Å². The Morgan fingerprint density at radius 2 is 1.73 bits per heavy atom. The van der Waals surface area contributed by atoms with E-state index in [0.29, 0.717) is 6.42 Å². The molecule has 3 aromatic carbocycles. The minimum Gasteiger partial charge on any atom is -0.480 e. The standard InChI is InChI=1S/C26H28N2O2/c1-5-24(30-25-14-11-17(3)15-18(25)4)26(29)27-19-12-13-23-21(16-19)20-9-7-8-10-22(20)28(23)6-2/h7-16,24H,5-6H2,1-4H3,(H,27,29)/t24-/m0/s1. The van der Waals surface area contributed by atoms with Crippen LogP contribution in [0.5, 0.6) is 5.75 Å². The summed E-state index contributed by atoms with van der Waals surface area (Å²) in [6.07, 6.45) is 0.0513. The van der Waals surface area contributed by atoms with Gasteiger partial charge in [0, 0.05) is 34.0 Å². The average molecular weight is 401 g/mol. The van der Waals surface area contributed by atoms with Crippen LogP contribution in [0.15, 0.2) is 60.7 Å². The van der Waals surface area contributed by atoms with E-state index in [2.05, 4.69) is 59.3 Å². The highest BCUT2D eigenvalue weighted by Crippen LogP contribution is 2.31. The molecular formula is C26H28N2O2. The first kappa shape index (κ1) is 20.0. The monoisotopic (exact) mass is 400 g/mol. The number of carbonyl (C=O) groups excluding carboxylic acids is 1. The van der Waals surface area contributed by atoms with E-state index in [9.17, 15) is 4.79 Å². The number of hydrogen-bond acceptors (Lipinski definition) is 2. The first-order valence-electron chi connectivity index (χ1n) is 10.6. The lowest BCUT2D eigenvalue weighted by molar-refractivity contribution is -0.122. The normalized spacial score (nSPS) is 12.3. The zero-order valence-electron chi connectivity index (χ0n) is 18.0. The number of nitrogens with one attached hydrogen (secondary N) is 1. The number of fused-ring (bicyclic) bond motifs is 3. The average Bonchev–Trinajstić information content (AvgIpc) is 3.06. The third-order valence-electron chi connectivity index (χ3n) is 5.62. The largest absolute Gasteiger partial charge is 0.480 e. The number of nitrogens with zero attached hydrogens (tertiary/aromatic N) is 1. The Balaban J connectivity index is 1.61. The molecule has 154 valence electrons. The lowest BCUT2D eigenvalue weighted by atomic mass is 10.1. The molecule has 30 heavy (non-hydrogen) atoms. The number of aryl methyl sites for hydroxylation is 3. The molecule has 0 saturated carbocycles. The summed E-state index contributed by atoms with van der Waals surface area (Å²) >= 11 is 0. The highest BCUT2D eigenvalue weighted by Gasteiger charge is 2.20. The van der Waals surface area contributed by atoms with Gasteiger partial charge in [-0.3, -0.25) is 4.79 Å². The molecule has 4 rings (SSSR count). The summed E-state index contributed by atoms with van der Waals surface area (Å²) in [5, 5.41) is 5.40. The van der Waals surface area contributed by atoms with Gasteiger partial charge >= 0.3 is 0 Å². The molecule has 0 bridgehead atoms. The van der Waals surface area contributed by atoms with Gasteiger partial charge in [-0.2, -0.15) is 0 Å². The minimum absolute atomic E-state index is 0.129. The fourth-order valence-electron chi connectivity index (χ4n) is 4.10. The highest BCUT2D eigenvalue weighted by atomic mass is 16.5. The molecule has 1 aromatic heterocycles. The van der Waals surface area contributed by atoms with Crippen LogP contribution < -0.4 is 10.1 Å². The lowest BCUT2D eigenvalue weighted by Crippen LogP contribution is -2.32. The van der Waals surface area contributed by atoms with Gasteiger partial charge in [-0.05, 0) is 63.1 Å². The zero-order chi connectivity index (χ0) is 21.3. The summed E-state index contributed by atoms with van der Waals surface area (Å²) in [7, 11) is 0. The maximum absolute atomic E-state index is 12.9. The van der Waals surface area contributed by atoms with Crippen LogP contribution in [0, 0.1) is 13.8 Å². The number of para-hydroxylation sites is 1. The Hall–Kier alpha value is -3.27. The molecule has 1 atom stereocenters. The van der Waals surface area contributed by atoms with Crippen molar-refractivity contribution in [2.24, 2.45) is 0 Å². The highest BCUT2D eigenvalue weighted by molar-refractivity contribution is 6.10. The molecule has 4 nitrogen and oxygen atoms in total. The van der Waals surface area contributed by atoms with Gasteiger partial charge in [-0.15, -0.1) is 0 Å². The second-order valence-electron chi connectivity index (χ2n) is 7.77. The maximum Gasteiger partial charge on any atom is 0.265 e. The SMILES string of the molecule is CC[C@H](Oc1ccc(C)cc1C)C(=O)Nc1ccc2c(c1)c1ccccc1n2CC. The fraction of sp³-hybridized carbons (Fsp3) is 0.269. The Morgan fingerprint density at radius 1 is 0.967 bits per heavy atom. The summed E-state index contributed by atoms with van der Waals surface area (Å²) in [6, 6.07) is 20.5. The topological polar surface area (TPSA) is 43.3 Å². The second kappa shape index (κ2) is 8.23. The predicted octanol–water partition coefficient (Wildman–Crippen LogP) is 6.23. The van der Waals surface area contributed by atoms with Crippen LogP contribution in [0.25, 0.3) is 21.8 Å². The van der Waals surface area contributed by atoms with Gasteiger partial charge in [0.2, 0.25) is 0 Å². The summed E-state index contributed by atoms with van der Waals surface area (Å²) in [6.45, 7) is 9.07. The van der Waals surface area contributed by atoms with E-state index in [1.807, 2.05) is 39.0 Å². The molecule has 0 unspecified atom stereocenters. The third-order valence-corrected chi connectivity index (χ3v) is 5.62. The Labute approximate surface area is 177 Å². The molecule has 0 spiro atoms. The third kappa shape index (κ3) is 3.65. The summed E-state index contributed by atoms with van der Waals surface area (Å²) in [5.41, 5.74) is 5.39. The van der Waals surface area contributed by atoms with Crippen molar-refractivity contribution in [2.75, 3.05) is 5.32 Å².